The van der Waals surface area contributed by atoms with Gasteiger partial charge in [-0.2, -0.15) is 0 Å². The molecule has 7 heteroatoms. The summed E-state index contributed by atoms with van der Waals surface area (Å²) in [6.45, 7) is 0.828. The maximum atomic E-state index is 8.08. The molecule has 154 valence electrons. The molecule has 0 saturated heterocycles. The van der Waals surface area contributed by atoms with E-state index in [1.165, 1.54) is 0 Å². The van der Waals surface area contributed by atoms with Crippen LogP contribution >= 0.6 is 0 Å². The molecular weight excluding hydrogens is 380 g/mol. The predicted molar refractivity (Wildman–Crippen MR) is 116 cm³/mol. The summed E-state index contributed by atoms with van der Waals surface area (Å²) >= 11 is 0. The molecule has 0 aliphatic heterocycles. The smallest absolute Gasteiger partial charge is 0.224 e. The van der Waals surface area contributed by atoms with Gasteiger partial charge in [-0.05, 0) is 35.4 Å². The molecule has 2 aromatic carbocycles. The van der Waals surface area contributed by atoms with Gasteiger partial charge in [-0.3, -0.25) is 10.8 Å². The molecule has 0 atom stereocenters. The molecule has 0 radical (unpaired) electrons. The number of anilines is 1. The molecule has 3 rings (SSSR count). The van der Waals surface area contributed by atoms with Crippen LogP contribution in [0.2, 0.25) is 0 Å². The van der Waals surface area contributed by atoms with Gasteiger partial charge in [-0.1, -0.05) is 42.5 Å². The highest BCUT2D eigenvalue weighted by Gasteiger charge is 2.12. The standard InChI is InChI=1S/C23H24N4O3/c1-28-15-18-9-12-20(22(25)27-18)23(26)30-21(24)13-16-7-10-19(11-8-16)29-14-17-5-3-2-4-6-17/h2-12,24,26H,13-15H2,1H3,(H2,25,27). The maximum Gasteiger partial charge on any atom is 0.224 e. The number of nitrogen functional groups attached to an aromatic ring is 1. The molecule has 4 N–H and O–H groups in total. The van der Waals surface area contributed by atoms with Crippen molar-refractivity contribution in [1.29, 1.82) is 10.8 Å². The summed E-state index contributed by atoms with van der Waals surface area (Å²) < 4.78 is 16.1. The molecule has 30 heavy (non-hydrogen) atoms. The largest absolute Gasteiger partial charge is 0.489 e. The van der Waals surface area contributed by atoms with Gasteiger partial charge in [0.1, 0.15) is 18.2 Å². The van der Waals surface area contributed by atoms with E-state index in [0.717, 1.165) is 16.9 Å². The first-order valence-electron chi connectivity index (χ1n) is 9.39. The minimum atomic E-state index is -0.211. The monoisotopic (exact) mass is 404 g/mol. The number of nitrogens with two attached hydrogens (primary N) is 1. The van der Waals surface area contributed by atoms with Gasteiger partial charge < -0.3 is 19.9 Å². The summed E-state index contributed by atoms with van der Waals surface area (Å²) in [4.78, 5) is 4.17. The van der Waals surface area contributed by atoms with E-state index in [4.69, 9.17) is 30.8 Å². The third kappa shape index (κ3) is 5.89. The van der Waals surface area contributed by atoms with E-state index in [9.17, 15) is 0 Å². The first-order valence-corrected chi connectivity index (χ1v) is 9.39. The second-order valence-electron chi connectivity index (χ2n) is 6.62. The van der Waals surface area contributed by atoms with Crippen molar-refractivity contribution >= 4 is 17.6 Å². The van der Waals surface area contributed by atoms with Crippen molar-refractivity contribution in [3.63, 3.8) is 0 Å². The molecule has 0 bridgehead atoms. The number of ether oxygens (including phenoxy) is 3. The van der Waals surface area contributed by atoms with Crippen LogP contribution in [0.1, 0.15) is 22.4 Å². The van der Waals surface area contributed by atoms with E-state index in [0.29, 0.717) is 24.5 Å². The van der Waals surface area contributed by atoms with E-state index in [1.807, 2.05) is 54.6 Å². The third-order valence-electron chi connectivity index (χ3n) is 4.28. The Hall–Kier alpha value is -3.71. The van der Waals surface area contributed by atoms with Gasteiger partial charge in [0.2, 0.25) is 5.90 Å². The van der Waals surface area contributed by atoms with Crippen LogP contribution < -0.4 is 10.5 Å². The summed E-state index contributed by atoms with van der Waals surface area (Å²) in [6.07, 6.45) is 0.246. The molecule has 0 unspecified atom stereocenters. The van der Waals surface area contributed by atoms with Gasteiger partial charge in [0.25, 0.3) is 0 Å². The van der Waals surface area contributed by atoms with Crippen molar-refractivity contribution in [2.75, 3.05) is 12.8 Å². The number of nitrogens with one attached hydrogen (secondary N) is 2. The average Bonchev–Trinajstić information content (AvgIpc) is 2.74. The minimum Gasteiger partial charge on any atom is -0.489 e. The van der Waals surface area contributed by atoms with Crippen LogP contribution in [-0.4, -0.2) is 23.9 Å². The second-order valence-corrected chi connectivity index (χ2v) is 6.62. The van der Waals surface area contributed by atoms with E-state index in [-0.39, 0.29) is 24.0 Å². The van der Waals surface area contributed by atoms with Crippen molar-refractivity contribution in [2.24, 2.45) is 0 Å². The van der Waals surface area contributed by atoms with Gasteiger partial charge in [0.05, 0.1) is 17.9 Å². The van der Waals surface area contributed by atoms with Gasteiger partial charge in [-0.25, -0.2) is 4.98 Å². The zero-order chi connectivity index (χ0) is 21.3. The molecule has 0 aliphatic carbocycles. The lowest BCUT2D eigenvalue weighted by Gasteiger charge is -2.11. The van der Waals surface area contributed by atoms with Crippen LogP contribution in [0.5, 0.6) is 5.75 Å². The number of methoxy groups -OCH3 is 1. The highest BCUT2D eigenvalue weighted by molar-refractivity contribution is 6.02. The summed E-state index contributed by atoms with van der Waals surface area (Å²) in [5, 5.41) is 16.1. The lowest BCUT2D eigenvalue weighted by atomic mass is 10.1. The van der Waals surface area contributed by atoms with Crippen molar-refractivity contribution in [2.45, 2.75) is 19.6 Å². The SMILES string of the molecule is COCc1ccc(C(=N)OC(=N)Cc2ccc(OCc3ccccc3)cc2)c(N)n1. The summed E-state index contributed by atoms with van der Waals surface area (Å²) in [6, 6.07) is 20.7. The normalized spacial score (nSPS) is 10.4. The van der Waals surface area contributed by atoms with Crippen molar-refractivity contribution in [3.05, 3.63) is 89.1 Å². The van der Waals surface area contributed by atoms with Crippen LogP contribution in [-0.2, 0) is 29.1 Å². The van der Waals surface area contributed by atoms with Crippen LogP contribution in [0.4, 0.5) is 5.82 Å². The highest BCUT2D eigenvalue weighted by atomic mass is 16.5. The predicted octanol–water partition coefficient (Wildman–Crippen LogP) is 3.95. The Morgan fingerprint density at radius 3 is 2.30 bits per heavy atom. The van der Waals surface area contributed by atoms with Gasteiger partial charge in [0, 0.05) is 13.5 Å². The number of hydrogen-bond donors (Lipinski definition) is 3. The fourth-order valence-electron chi connectivity index (χ4n) is 2.78. The molecule has 7 nitrogen and oxygen atoms in total. The molecule has 0 amide bonds. The Labute approximate surface area is 175 Å². The van der Waals surface area contributed by atoms with E-state index in [2.05, 4.69) is 4.98 Å². The quantitative estimate of drug-likeness (QED) is 0.388. The lowest BCUT2D eigenvalue weighted by Crippen LogP contribution is -2.16. The van der Waals surface area contributed by atoms with E-state index in [1.54, 1.807) is 19.2 Å². The number of hydrogen-bond acceptors (Lipinski definition) is 7. The van der Waals surface area contributed by atoms with Gasteiger partial charge >= 0.3 is 0 Å². The maximum absolute atomic E-state index is 8.08. The second kappa shape index (κ2) is 10.2. The summed E-state index contributed by atoms with van der Waals surface area (Å²) in [5.41, 5.74) is 8.87. The third-order valence-corrected chi connectivity index (χ3v) is 4.28. The Balaban J connectivity index is 1.52. The number of pyridine rings is 1. The first kappa shape index (κ1) is 21.0. The van der Waals surface area contributed by atoms with Crippen molar-refractivity contribution in [3.8, 4) is 5.75 Å². The molecule has 0 fully saturated rings. The summed E-state index contributed by atoms with van der Waals surface area (Å²) in [7, 11) is 1.57. The van der Waals surface area contributed by atoms with E-state index >= 15 is 0 Å². The number of nitrogens with zero attached hydrogens (tertiary/aromatic N) is 1. The number of aromatic nitrogens is 1. The fraction of sp³-hybridized carbons (Fsp3) is 0.174. The van der Waals surface area contributed by atoms with Crippen molar-refractivity contribution in [1.82, 2.24) is 4.98 Å². The molecule has 0 saturated carbocycles. The molecule has 0 spiro atoms. The fourth-order valence-corrected chi connectivity index (χ4v) is 2.78. The average molecular weight is 404 g/mol. The Bertz CT molecular complexity index is 1000. The number of rotatable bonds is 8. The Kier molecular flexibility index (Phi) is 7.13. The molecule has 3 aromatic rings. The lowest BCUT2D eigenvalue weighted by molar-refractivity contribution is 0.181. The summed E-state index contributed by atoms with van der Waals surface area (Å²) in [5.74, 6) is 0.648. The van der Waals surface area contributed by atoms with Crippen LogP contribution in [0.15, 0.2) is 66.7 Å². The minimum absolute atomic E-state index is 0.0571. The van der Waals surface area contributed by atoms with Crippen molar-refractivity contribution < 1.29 is 14.2 Å². The van der Waals surface area contributed by atoms with Gasteiger partial charge in [0.15, 0.2) is 5.90 Å². The first-order chi connectivity index (χ1) is 14.5. The van der Waals surface area contributed by atoms with Crippen LogP contribution in [0.25, 0.3) is 0 Å². The van der Waals surface area contributed by atoms with E-state index < -0.39 is 0 Å². The Morgan fingerprint density at radius 1 is 0.900 bits per heavy atom. The zero-order valence-electron chi connectivity index (χ0n) is 16.7. The highest BCUT2D eigenvalue weighted by Crippen LogP contribution is 2.16. The molecule has 1 heterocycles. The van der Waals surface area contributed by atoms with Crippen LogP contribution in [0, 0.1) is 10.8 Å². The number of benzene rings is 2. The molecule has 1 aromatic heterocycles. The molecular formula is C23H24N4O3. The van der Waals surface area contributed by atoms with Crippen LogP contribution in [0.3, 0.4) is 0 Å². The topological polar surface area (TPSA) is 114 Å². The van der Waals surface area contributed by atoms with Gasteiger partial charge in [-0.15, -0.1) is 0 Å². The zero-order valence-corrected chi connectivity index (χ0v) is 16.7. The molecule has 0 aliphatic rings. The Morgan fingerprint density at radius 2 is 1.63 bits per heavy atom.